The Balaban J connectivity index is 1.49. The Morgan fingerprint density at radius 2 is 1.93 bits per heavy atom. The molecule has 154 valence electrons. The smallest absolute Gasteiger partial charge is 0.339 e. The SMILES string of the molecule is Cc1noc2nc(C3CC3)cc(C(=O)O[C@H](C)C(=O)Nc3ccc(C(N)=O)cc3)c12. The minimum absolute atomic E-state index is 0.283. The van der Waals surface area contributed by atoms with Crippen molar-refractivity contribution in [3.63, 3.8) is 0 Å². The first-order chi connectivity index (χ1) is 14.3. The zero-order valence-corrected chi connectivity index (χ0v) is 16.5. The second-order valence-corrected chi connectivity index (χ2v) is 7.30. The number of anilines is 1. The summed E-state index contributed by atoms with van der Waals surface area (Å²) in [6.07, 6.45) is 0.960. The maximum atomic E-state index is 12.8. The quantitative estimate of drug-likeness (QED) is 0.598. The number of hydrogen-bond acceptors (Lipinski definition) is 7. The van der Waals surface area contributed by atoms with Gasteiger partial charge in [0.1, 0.15) is 0 Å². The number of hydrogen-bond donors (Lipinski definition) is 2. The summed E-state index contributed by atoms with van der Waals surface area (Å²) in [5.41, 5.74) is 7.83. The van der Waals surface area contributed by atoms with E-state index < -0.39 is 23.9 Å². The lowest BCUT2D eigenvalue weighted by Gasteiger charge is -2.14. The van der Waals surface area contributed by atoms with E-state index in [0.29, 0.717) is 28.2 Å². The largest absolute Gasteiger partial charge is 0.449 e. The number of pyridine rings is 1. The molecule has 2 heterocycles. The van der Waals surface area contributed by atoms with Crippen LogP contribution in [0, 0.1) is 6.92 Å². The fraction of sp³-hybridized carbons (Fsp3) is 0.286. The Kier molecular flexibility index (Phi) is 4.94. The second kappa shape index (κ2) is 7.58. The number of ether oxygens (including phenoxy) is 1. The number of aryl methyl sites for hydroxylation is 1. The van der Waals surface area contributed by atoms with Crippen molar-refractivity contribution in [2.75, 3.05) is 5.32 Å². The van der Waals surface area contributed by atoms with Crippen LogP contribution in [0.5, 0.6) is 0 Å². The number of carbonyl (C=O) groups excluding carboxylic acids is 3. The molecule has 9 nitrogen and oxygen atoms in total. The van der Waals surface area contributed by atoms with Gasteiger partial charge in [-0.15, -0.1) is 0 Å². The van der Waals surface area contributed by atoms with Crippen LogP contribution in [-0.4, -0.2) is 34.0 Å². The molecule has 1 aliphatic rings. The molecule has 0 spiro atoms. The van der Waals surface area contributed by atoms with Gasteiger partial charge in [-0.2, -0.15) is 0 Å². The number of nitrogens with zero attached hydrogens (tertiary/aromatic N) is 2. The van der Waals surface area contributed by atoms with E-state index in [1.165, 1.54) is 19.1 Å². The fourth-order valence-electron chi connectivity index (χ4n) is 3.10. The fourth-order valence-corrected chi connectivity index (χ4v) is 3.10. The lowest BCUT2D eigenvalue weighted by molar-refractivity contribution is -0.123. The molecule has 0 radical (unpaired) electrons. The third-order valence-corrected chi connectivity index (χ3v) is 4.94. The van der Waals surface area contributed by atoms with Crippen LogP contribution in [0.3, 0.4) is 0 Å². The summed E-state index contributed by atoms with van der Waals surface area (Å²) in [5, 5.41) is 7.01. The Labute approximate surface area is 171 Å². The molecule has 0 bridgehead atoms. The molecule has 1 saturated carbocycles. The molecule has 2 aromatic heterocycles. The van der Waals surface area contributed by atoms with Gasteiger partial charge in [0.2, 0.25) is 5.91 Å². The van der Waals surface area contributed by atoms with E-state index >= 15 is 0 Å². The first-order valence-electron chi connectivity index (χ1n) is 9.52. The average Bonchev–Trinajstić information content (AvgIpc) is 3.51. The number of esters is 1. The highest BCUT2D eigenvalue weighted by Crippen LogP contribution is 2.40. The van der Waals surface area contributed by atoms with Crippen LogP contribution in [0.4, 0.5) is 5.69 Å². The molecule has 4 rings (SSSR count). The maximum Gasteiger partial charge on any atom is 0.339 e. The van der Waals surface area contributed by atoms with Gasteiger partial charge in [-0.05, 0) is 57.0 Å². The normalized spacial score (nSPS) is 14.3. The van der Waals surface area contributed by atoms with Crippen LogP contribution in [0.15, 0.2) is 34.9 Å². The topological polar surface area (TPSA) is 137 Å². The van der Waals surface area contributed by atoms with E-state index in [4.69, 9.17) is 15.0 Å². The predicted octanol–water partition coefficient (Wildman–Crippen LogP) is 2.69. The van der Waals surface area contributed by atoms with Crippen LogP contribution < -0.4 is 11.1 Å². The molecule has 3 N–H and O–H groups in total. The first kappa shape index (κ1) is 19.6. The van der Waals surface area contributed by atoms with Crippen LogP contribution in [-0.2, 0) is 9.53 Å². The molecular weight excluding hydrogens is 388 g/mol. The van der Waals surface area contributed by atoms with Crippen LogP contribution in [0.25, 0.3) is 11.1 Å². The van der Waals surface area contributed by atoms with Gasteiger partial charge in [-0.1, -0.05) is 5.16 Å². The van der Waals surface area contributed by atoms with E-state index in [1.54, 1.807) is 25.1 Å². The summed E-state index contributed by atoms with van der Waals surface area (Å²) in [6, 6.07) is 7.77. The summed E-state index contributed by atoms with van der Waals surface area (Å²) in [4.78, 5) is 40.9. The molecule has 3 aromatic rings. The van der Waals surface area contributed by atoms with E-state index in [0.717, 1.165) is 18.5 Å². The average molecular weight is 408 g/mol. The van der Waals surface area contributed by atoms with E-state index in [2.05, 4.69) is 15.5 Å². The maximum absolute atomic E-state index is 12.8. The summed E-state index contributed by atoms with van der Waals surface area (Å²) in [5.74, 6) is -1.42. The Morgan fingerprint density at radius 1 is 1.23 bits per heavy atom. The number of benzene rings is 1. The number of nitrogens with one attached hydrogen (secondary N) is 1. The number of carbonyl (C=O) groups is 3. The van der Waals surface area contributed by atoms with Gasteiger partial charge in [-0.3, -0.25) is 9.59 Å². The van der Waals surface area contributed by atoms with Crippen molar-refractivity contribution in [3.05, 3.63) is 52.8 Å². The van der Waals surface area contributed by atoms with E-state index in [9.17, 15) is 14.4 Å². The highest BCUT2D eigenvalue weighted by Gasteiger charge is 2.30. The minimum atomic E-state index is -1.05. The molecule has 1 aliphatic carbocycles. The van der Waals surface area contributed by atoms with Gasteiger partial charge in [-0.25, -0.2) is 9.78 Å². The van der Waals surface area contributed by atoms with Gasteiger partial charge >= 0.3 is 5.97 Å². The molecule has 0 aliphatic heterocycles. The molecule has 1 fully saturated rings. The van der Waals surface area contributed by atoms with Gasteiger partial charge in [0.05, 0.1) is 16.6 Å². The van der Waals surface area contributed by atoms with Crippen molar-refractivity contribution in [1.82, 2.24) is 10.1 Å². The number of aromatic nitrogens is 2. The third kappa shape index (κ3) is 3.86. The third-order valence-electron chi connectivity index (χ3n) is 4.94. The van der Waals surface area contributed by atoms with Gasteiger partial charge in [0.15, 0.2) is 6.10 Å². The van der Waals surface area contributed by atoms with Crippen molar-refractivity contribution < 1.29 is 23.6 Å². The van der Waals surface area contributed by atoms with Gasteiger partial charge in [0, 0.05) is 22.9 Å². The van der Waals surface area contributed by atoms with Crippen LogP contribution in [0.1, 0.15) is 57.8 Å². The van der Waals surface area contributed by atoms with Crippen molar-refractivity contribution in [1.29, 1.82) is 0 Å². The Morgan fingerprint density at radius 3 is 2.57 bits per heavy atom. The van der Waals surface area contributed by atoms with Crippen molar-refractivity contribution in [2.45, 2.75) is 38.7 Å². The summed E-state index contributed by atoms with van der Waals surface area (Å²) in [7, 11) is 0. The summed E-state index contributed by atoms with van der Waals surface area (Å²) < 4.78 is 10.6. The lowest BCUT2D eigenvalue weighted by Crippen LogP contribution is -2.30. The predicted molar refractivity (Wildman–Crippen MR) is 107 cm³/mol. The molecule has 9 heteroatoms. The van der Waals surface area contributed by atoms with E-state index in [1.807, 2.05) is 0 Å². The van der Waals surface area contributed by atoms with E-state index in [-0.39, 0.29) is 11.3 Å². The monoisotopic (exact) mass is 408 g/mol. The highest BCUT2D eigenvalue weighted by molar-refractivity contribution is 6.05. The Hall–Kier alpha value is -3.75. The number of amides is 2. The van der Waals surface area contributed by atoms with Crippen molar-refractivity contribution >= 4 is 34.6 Å². The van der Waals surface area contributed by atoms with Crippen LogP contribution in [0.2, 0.25) is 0 Å². The second-order valence-electron chi connectivity index (χ2n) is 7.30. The standard InChI is InChI=1S/C21H20N4O5/c1-10-17-15(9-16(12-3-4-12)24-20(17)30-25-10)21(28)29-11(2)19(27)23-14-7-5-13(6-8-14)18(22)26/h5-9,11-12H,3-4H2,1-2H3,(H2,22,26)(H,23,27)/t11-/m1/s1. The zero-order chi connectivity index (χ0) is 21.4. The first-order valence-corrected chi connectivity index (χ1v) is 9.52. The number of nitrogens with two attached hydrogens (primary N) is 1. The van der Waals surface area contributed by atoms with Crippen LogP contribution >= 0.6 is 0 Å². The minimum Gasteiger partial charge on any atom is -0.449 e. The molecule has 30 heavy (non-hydrogen) atoms. The number of fused-ring (bicyclic) bond motifs is 1. The molecule has 0 saturated heterocycles. The molecular formula is C21H20N4O5. The summed E-state index contributed by atoms with van der Waals surface area (Å²) >= 11 is 0. The molecule has 2 amide bonds. The molecule has 1 atom stereocenters. The van der Waals surface area contributed by atoms with Crippen molar-refractivity contribution in [3.8, 4) is 0 Å². The molecule has 0 unspecified atom stereocenters. The summed E-state index contributed by atoms with van der Waals surface area (Å²) in [6.45, 7) is 3.19. The van der Waals surface area contributed by atoms with Gasteiger partial charge in [0.25, 0.3) is 11.6 Å². The number of primary amides is 1. The highest BCUT2D eigenvalue weighted by atomic mass is 16.5. The van der Waals surface area contributed by atoms with Gasteiger partial charge < -0.3 is 20.3 Å². The number of rotatable bonds is 6. The Bertz CT molecular complexity index is 1150. The molecule has 1 aromatic carbocycles. The lowest BCUT2D eigenvalue weighted by atomic mass is 10.1. The zero-order valence-electron chi connectivity index (χ0n) is 16.5. The van der Waals surface area contributed by atoms with Crippen molar-refractivity contribution in [2.24, 2.45) is 5.73 Å².